The third-order valence-electron chi connectivity index (χ3n) is 6.58. The summed E-state index contributed by atoms with van der Waals surface area (Å²) < 4.78 is 6.40. The molecule has 6 nitrogen and oxygen atoms in total. The zero-order valence-electron chi connectivity index (χ0n) is 18.5. The third-order valence-corrected chi connectivity index (χ3v) is 6.58. The Morgan fingerprint density at radius 1 is 1.20 bits per heavy atom. The van der Waals surface area contributed by atoms with E-state index in [2.05, 4.69) is 37.8 Å². The Morgan fingerprint density at radius 3 is 2.63 bits per heavy atom. The van der Waals surface area contributed by atoms with Crippen LogP contribution in [0.4, 0.5) is 0 Å². The first-order chi connectivity index (χ1) is 14.3. The monoisotopic (exact) mass is 417 g/mol. The minimum atomic E-state index is -0.731. The van der Waals surface area contributed by atoms with Gasteiger partial charge in [-0.3, -0.25) is 0 Å². The minimum Gasteiger partial charge on any atom is -0.507 e. The number of rotatable bonds is 10. The number of unbranched alkanes of at least 4 members (excludes halogenated alkanes) is 5. The Morgan fingerprint density at radius 2 is 1.90 bits per heavy atom. The van der Waals surface area contributed by atoms with Crippen molar-refractivity contribution in [2.24, 2.45) is 5.92 Å². The van der Waals surface area contributed by atoms with Gasteiger partial charge in [0, 0.05) is 17.4 Å². The molecule has 0 saturated carbocycles. The summed E-state index contributed by atoms with van der Waals surface area (Å²) >= 11 is 0. The van der Waals surface area contributed by atoms with Crippen LogP contribution in [0.3, 0.4) is 0 Å². The SMILES string of the molecule is CC1=C[C@H]2c3c(O)cc(CCCCCCCCO[N+](=O)[O-])cc3OC(C)(C)[C@@H]2CC1. The third kappa shape index (κ3) is 5.46. The van der Waals surface area contributed by atoms with Crippen LogP contribution in [0.2, 0.25) is 0 Å². The lowest BCUT2D eigenvalue weighted by Gasteiger charge is -2.46. The molecule has 0 bridgehead atoms. The molecule has 1 aromatic carbocycles. The Bertz CT molecular complexity index is 786. The number of ether oxygens (including phenoxy) is 1. The molecule has 0 saturated heterocycles. The smallest absolute Gasteiger partial charge is 0.294 e. The van der Waals surface area contributed by atoms with E-state index in [1.54, 1.807) is 0 Å². The summed E-state index contributed by atoms with van der Waals surface area (Å²) in [7, 11) is 0. The molecule has 3 rings (SSSR count). The number of fused-ring (bicyclic) bond motifs is 3. The largest absolute Gasteiger partial charge is 0.507 e. The van der Waals surface area contributed by atoms with E-state index < -0.39 is 5.09 Å². The van der Waals surface area contributed by atoms with Gasteiger partial charge in [0.1, 0.15) is 17.1 Å². The van der Waals surface area contributed by atoms with Gasteiger partial charge in [0.25, 0.3) is 5.09 Å². The highest BCUT2D eigenvalue weighted by Crippen LogP contribution is 2.53. The van der Waals surface area contributed by atoms with Gasteiger partial charge in [0.05, 0.1) is 6.61 Å². The van der Waals surface area contributed by atoms with E-state index in [0.717, 1.165) is 74.7 Å². The summed E-state index contributed by atoms with van der Waals surface area (Å²) in [5, 5.41) is 20.2. The van der Waals surface area contributed by atoms with Crippen LogP contribution in [0.25, 0.3) is 0 Å². The Balaban J connectivity index is 1.54. The molecule has 6 heteroatoms. The van der Waals surface area contributed by atoms with Crippen molar-refractivity contribution >= 4 is 0 Å². The van der Waals surface area contributed by atoms with Gasteiger partial charge in [-0.1, -0.05) is 37.3 Å². The van der Waals surface area contributed by atoms with E-state index >= 15 is 0 Å². The average molecular weight is 418 g/mol. The zero-order valence-corrected chi connectivity index (χ0v) is 18.5. The molecule has 0 aromatic heterocycles. The first-order valence-corrected chi connectivity index (χ1v) is 11.3. The van der Waals surface area contributed by atoms with E-state index in [9.17, 15) is 15.2 Å². The van der Waals surface area contributed by atoms with Gasteiger partial charge < -0.3 is 14.7 Å². The molecule has 2 atom stereocenters. The van der Waals surface area contributed by atoms with Crippen LogP contribution in [0, 0.1) is 16.0 Å². The topological polar surface area (TPSA) is 81.8 Å². The second-order valence-corrected chi connectivity index (χ2v) is 9.34. The van der Waals surface area contributed by atoms with Crippen molar-refractivity contribution in [3.63, 3.8) is 0 Å². The summed E-state index contributed by atoms with van der Waals surface area (Å²) in [6.45, 7) is 6.71. The maximum atomic E-state index is 10.8. The number of aryl methyl sites for hydroxylation is 1. The number of aromatic hydroxyl groups is 1. The Hall–Kier alpha value is -2.24. The maximum absolute atomic E-state index is 10.8. The first-order valence-electron chi connectivity index (χ1n) is 11.3. The van der Waals surface area contributed by atoms with Crippen LogP contribution in [0.1, 0.15) is 89.2 Å². The average Bonchev–Trinajstić information content (AvgIpc) is 2.65. The number of nitrogens with zero attached hydrogens (tertiary/aromatic N) is 1. The van der Waals surface area contributed by atoms with Crippen molar-refractivity contribution in [3.05, 3.63) is 45.0 Å². The minimum absolute atomic E-state index is 0.189. The number of phenolic OH excluding ortho intramolecular Hbond substituents is 1. The highest BCUT2D eigenvalue weighted by molar-refractivity contribution is 5.54. The van der Waals surface area contributed by atoms with Gasteiger partial charge in [-0.2, -0.15) is 0 Å². The van der Waals surface area contributed by atoms with Gasteiger partial charge in [-0.25, -0.2) is 0 Å². The zero-order chi connectivity index (χ0) is 21.7. The second kappa shape index (κ2) is 9.71. The summed E-state index contributed by atoms with van der Waals surface area (Å²) in [6, 6.07) is 4.05. The van der Waals surface area contributed by atoms with Crippen molar-refractivity contribution in [1.82, 2.24) is 0 Å². The lowest BCUT2D eigenvalue weighted by atomic mass is 9.68. The summed E-state index contributed by atoms with van der Waals surface area (Å²) in [5.74, 6) is 1.82. The van der Waals surface area contributed by atoms with Gasteiger partial charge in [0.2, 0.25) is 0 Å². The molecule has 30 heavy (non-hydrogen) atoms. The lowest BCUT2D eigenvalue weighted by molar-refractivity contribution is -0.757. The predicted molar refractivity (Wildman–Crippen MR) is 116 cm³/mol. The van der Waals surface area contributed by atoms with Crippen LogP contribution in [0.5, 0.6) is 11.5 Å². The number of benzene rings is 1. The van der Waals surface area contributed by atoms with Crippen LogP contribution in [-0.4, -0.2) is 22.4 Å². The molecule has 0 spiro atoms. The highest BCUT2D eigenvalue weighted by atomic mass is 16.9. The molecule has 1 N–H and O–H groups in total. The summed E-state index contributed by atoms with van der Waals surface area (Å²) in [6.07, 6.45) is 11.4. The normalized spacial score (nSPS) is 21.8. The summed E-state index contributed by atoms with van der Waals surface area (Å²) in [5.41, 5.74) is 3.24. The maximum Gasteiger partial charge on any atom is 0.294 e. The molecule has 0 fully saturated rings. The fourth-order valence-corrected chi connectivity index (χ4v) is 5.00. The number of phenols is 1. The van der Waals surface area contributed by atoms with Crippen molar-refractivity contribution in [1.29, 1.82) is 0 Å². The van der Waals surface area contributed by atoms with Gasteiger partial charge >= 0.3 is 0 Å². The Kier molecular flexibility index (Phi) is 7.27. The number of hydrogen-bond donors (Lipinski definition) is 1. The molecule has 0 unspecified atom stereocenters. The molecule has 2 aliphatic rings. The molecular formula is C24H35NO5. The van der Waals surface area contributed by atoms with E-state index in [1.807, 2.05) is 6.07 Å². The van der Waals surface area contributed by atoms with E-state index in [4.69, 9.17) is 4.74 Å². The molecule has 0 amide bonds. The van der Waals surface area contributed by atoms with Gasteiger partial charge in [-0.15, -0.1) is 10.1 Å². The molecule has 1 aliphatic heterocycles. The van der Waals surface area contributed by atoms with Crippen LogP contribution in [-0.2, 0) is 11.3 Å². The van der Waals surface area contributed by atoms with Crippen LogP contribution < -0.4 is 4.74 Å². The van der Waals surface area contributed by atoms with Crippen molar-refractivity contribution in [2.45, 2.75) is 90.1 Å². The molecule has 1 aliphatic carbocycles. The fourth-order valence-electron chi connectivity index (χ4n) is 5.00. The van der Waals surface area contributed by atoms with Crippen molar-refractivity contribution in [3.8, 4) is 11.5 Å². The van der Waals surface area contributed by atoms with Gasteiger partial charge in [0.15, 0.2) is 0 Å². The molecule has 0 radical (unpaired) electrons. The highest BCUT2D eigenvalue weighted by Gasteiger charge is 2.45. The van der Waals surface area contributed by atoms with Crippen LogP contribution >= 0.6 is 0 Å². The quantitative estimate of drug-likeness (QED) is 0.215. The number of hydrogen-bond acceptors (Lipinski definition) is 5. The standard InChI is InChI=1S/C24H35NO5/c1-17-11-12-20-19(14-17)23-21(26)15-18(16-22(23)30-24(20,2)3)10-8-6-4-5-7-9-13-29-25(27)28/h14-16,19-20,26H,4-13H2,1-3H3/t19-,20-/m1/s1. The summed E-state index contributed by atoms with van der Waals surface area (Å²) in [4.78, 5) is 14.4. The number of allylic oxidation sites excluding steroid dienone is 2. The lowest BCUT2D eigenvalue weighted by Crippen LogP contribution is -2.45. The molecular weight excluding hydrogens is 382 g/mol. The van der Waals surface area contributed by atoms with Gasteiger partial charge in [-0.05, 0) is 70.6 Å². The Labute approximate surface area is 179 Å². The molecule has 166 valence electrons. The van der Waals surface area contributed by atoms with Crippen molar-refractivity contribution in [2.75, 3.05) is 6.61 Å². The molecule has 1 aromatic rings. The predicted octanol–water partition coefficient (Wildman–Crippen LogP) is 6.09. The van der Waals surface area contributed by atoms with Crippen LogP contribution in [0.15, 0.2) is 23.8 Å². The molecule has 1 heterocycles. The first kappa shape index (κ1) is 22.4. The van der Waals surface area contributed by atoms with E-state index in [-0.39, 0.29) is 18.1 Å². The van der Waals surface area contributed by atoms with Crippen molar-refractivity contribution < 1.29 is 19.8 Å². The van der Waals surface area contributed by atoms with E-state index in [0.29, 0.717) is 11.7 Å². The second-order valence-electron chi connectivity index (χ2n) is 9.34. The fraction of sp³-hybridized carbons (Fsp3) is 0.667. The van der Waals surface area contributed by atoms with E-state index in [1.165, 1.54) is 5.57 Å².